The van der Waals surface area contributed by atoms with Crippen molar-refractivity contribution in [2.24, 2.45) is 0 Å². The summed E-state index contributed by atoms with van der Waals surface area (Å²) in [5.41, 5.74) is 0. The SMILES string of the molecule is CCNC(c1ccc(C(=O)OC)o1)c1ccc([N+](=O)[O-])o1. The van der Waals surface area contributed by atoms with E-state index >= 15 is 0 Å². The predicted octanol–water partition coefficient (Wildman–Crippen LogP) is 2.27. The van der Waals surface area contributed by atoms with E-state index in [1.54, 1.807) is 6.07 Å². The Morgan fingerprint density at radius 3 is 2.57 bits per heavy atom. The average molecular weight is 294 g/mol. The van der Waals surface area contributed by atoms with Gasteiger partial charge in [0.25, 0.3) is 0 Å². The van der Waals surface area contributed by atoms with E-state index in [2.05, 4.69) is 10.1 Å². The Morgan fingerprint density at radius 1 is 1.33 bits per heavy atom. The second-order valence-corrected chi connectivity index (χ2v) is 4.12. The van der Waals surface area contributed by atoms with Gasteiger partial charge in [-0.05, 0) is 24.7 Å². The molecule has 0 aliphatic carbocycles. The second-order valence-electron chi connectivity index (χ2n) is 4.12. The lowest BCUT2D eigenvalue weighted by Gasteiger charge is -2.12. The minimum Gasteiger partial charge on any atom is -0.463 e. The van der Waals surface area contributed by atoms with Crippen molar-refractivity contribution < 1.29 is 23.3 Å². The first-order valence-electron chi connectivity index (χ1n) is 6.22. The monoisotopic (exact) mass is 294 g/mol. The summed E-state index contributed by atoms with van der Waals surface area (Å²) in [6.45, 7) is 2.45. The van der Waals surface area contributed by atoms with Crippen LogP contribution in [0, 0.1) is 10.1 Å². The molecule has 8 heteroatoms. The molecule has 0 spiro atoms. The van der Waals surface area contributed by atoms with Crippen molar-refractivity contribution in [1.29, 1.82) is 0 Å². The van der Waals surface area contributed by atoms with Crippen LogP contribution in [0.4, 0.5) is 5.88 Å². The molecule has 0 fully saturated rings. The van der Waals surface area contributed by atoms with E-state index in [1.807, 2.05) is 6.92 Å². The van der Waals surface area contributed by atoms with Crippen LogP contribution in [0.3, 0.4) is 0 Å². The molecule has 0 saturated carbocycles. The molecule has 1 atom stereocenters. The van der Waals surface area contributed by atoms with Gasteiger partial charge < -0.3 is 18.9 Å². The maximum absolute atomic E-state index is 11.4. The molecular weight excluding hydrogens is 280 g/mol. The molecule has 0 radical (unpaired) electrons. The van der Waals surface area contributed by atoms with Gasteiger partial charge in [0, 0.05) is 0 Å². The van der Waals surface area contributed by atoms with Gasteiger partial charge in [0.1, 0.15) is 22.5 Å². The first-order chi connectivity index (χ1) is 10.1. The van der Waals surface area contributed by atoms with Crippen LogP contribution in [-0.4, -0.2) is 24.5 Å². The van der Waals surface area contributed by atoms with Crippen LogP contribution in [0.25, 0.3) is 0 Å². The predicted molar refractivity (Wildman–Crippen MR) is 70.9 cm³/mol. The Labute approximate surface area is 119 Å². The molecule has 0 aromatic carbocycles. The number of nitro groups is 1. The molecule has 2 aromatic rings. The molecule has 1 unspecified atom stereocenters. The highest BCUT2D eigenvalue weighted by Crippen LogP contribution is 2.28. The lowest BCUT2D eigenvalue weighted by molar-refractivity contribution is -0.402. The lowest BCUT2D eigenvalue weighted by atomic mass is 10.1. The molecule has 21 heavy (non-hydrogen) atoms. The summed E-state index contributed by atoms with van der Waals surface area (Å²) in [5, 5.41) is 13.7. The average Bonchev–Trinajstić information content (AvgIpc) is 3.13. The van der Waals surface area contributed by atoms with Gasteiger partial charge in [0.15, 0.2) is 0 Å². The van der Waals surface area contributed by atoms with E-state index in [0.29, 0.717) is 18.1 Å². The van der Waals surface area contributed by atoms with Gasteiger partial charge in [0.2, 0.25) is 5.76 Å². The van der Waals surface area contributed by atoms with E-state index in [4.69, 9.17) is 8.83 Å². The van der Waals surface area contributed by atoms with Crippen LogP contribution >= 0.6 is 0 Å². The Bertz CT molecular complexity index is 645. The summed E-state index contributed by atoms with van der Waals surface area (Å²) in [5.74, 6) is -0.165. The Kier molecular flexibility index (Phi) is 4.39. The van der Waals surface area contributed by atoms with Crippen LogP contribution in [0.15, 0.2) is 33.1 Å². The quantitative estimate of drug-likeness (QED) is 0.494. The standard InChI is InChI=1S/C13H14N2O6/c1-3-14-12(9-6-7-11(21-9)15(17)18)8-4-5-10(20-8)13(16)19-2/h4-7,12,14H,3H2,1-2H3. The summed E-state index contributed by atoms with van der Waals surface area (Å²) >= 11 is 0. The molecule has 0 saturated heterocycles. The van der Waals surface area contributed by atoms with Crippen molar-refractivity contribution in [3.05, 3.63) is 51.7 Å². The zero-order valence-corrected chi connectivity index (χ0v) is 11.5. The van der Waals surface area contributed by atoms with Crippen LogP contribution in [-0.2, 0) is 4.74 Å². The number of esters is 1. The van der Waals surface area contributed by atoms with E-state index < -0.39 is 16.9 Å². The van der Waals surface area contributed by atoms with Crippen molar-refractivity contribution in [3.8, 4) is 0 Å². The van der Waals surface area contributed by atoms with Gasteiger partial charge in [-0.3, -0.25) is 10.1 Å². The number of nitrogens with zero attached hydrogens (tertiary/aromatic N) is 1. The van der Waals surface area contributed by atoms with E-state index in [0.717, 1.165) is 0 Å². The summed E-state index contributed by atoms with van der Waals surface area (Å²) in [7, 11) is 1.25. The van der Waals surface area contributed by atoms with Crippen LogP contribution in [0.2, 0.25) is 0 Å². The maximum atomic E-state index is 11.4. The zero-order chi connectivity index (χ0) is 15.4. The smallest absolute Gasteiger partial charge is 0.433 e. The Morgan fingerprint density at radius 2 is 2.00 bits per heavy atom. The number of carbonyl (C=O) groups is 1. The third-order valence-electron chi connectivity index (χ3n) is 2.78. The molecule has 0 aliphatic heterocycles. The molecular formula is C13H14N2O6. The Hall–Kier alpha value is -2.61. The molecule has 2 rings (SSSR count). The number of rotatable bonds is 6. The number of ether oxygens (including phenoxy) is 1. The number of nitrogens with one attached hydrogen (secondary N) is 1. The highest BCUT2D eigenvalue weighted by atomic mass is 16.6. The molecule has 1 N–H and O–H groups in total. The van der Waals surface area contributed by atoms with Crippen molar-refractivity contribution in [2.75, 3.05) is 13.7 Å². The lowest BCUT2D eigenvalue weighted by Crippen LogP contribution is -2.21. The van der Waals surface area contributed by atoms with Crippen LogP contribution < -0.4 is 5.32 Å². The first kappa shape index (κ1) is 14.8. The van der Waals surface area contributed by atoms with Crippen LogP contribution in [0.1, 0.15) is 35.0 Å². The summed E-state index contributed by atoms with van der Waals surface area (Å²) in [6, 6.07) is 5.30. The summed E-state index contributed by atoms with van der Waals surface area (Å²) < 4.78 is 15.1. The van der Waals surface area contributed by atoms with Crippen molar-refractivity contribution >= 4 is 11.9 Å². The molecule has 0 aliphatic rings. The largest absolute Gasteiger partial charge is 0.463 e. The fourth-order valence-corrected chi connectivity index (χ4v) is 1.86. The summed E-state index contributed by atoms with van der Waals surface area (Å²) in [4.78, 5) is 21.4. The fourth-order valence-electron chi connectivity index (χ4n) is 1.86. The van der Waals surface area contributed by atoms with Gasteiger partial charge in [-0.2, -0.15) is 0 Å². The van der Waals surface area contributed by atoms with Gasteiger partial charge in [-0.25, -0.2) is 4.79 Å². The number of hydrogen-bond donors (Lipinski definition) is 1. The second kappa shape index (κ2) is 6.23. The topological polar surface area (TPSA) is 108 Å². The molecule has 0 amide bonds. The van der Waals surface area contributed by atoms with Crippen molar-refractivity contribution in [3.63, 3.8) is 0 Å². The minimum absolute atomic E-state index is 0.0523. The number of furan rings is 2. The maximum Gasteiger partial charge on any atom is 0.433 e. The molecule has 112 valence electrons. The molecule has 0 bridgehead atoms. The number of carbonyl (C=O) groups excluding carboxylic acids is 1. The third kappa shape index (κ3) is 3.11. The van der Waals surface area contributed by atoms with Gasteiger partial charge >= 0.3 is 11.9 Å². The molecule has 8 nitrogen and oxygen atoms in total. The minimum atomic E-state index is -0.617. The van der Waals surface area contributed by atoms with E-state index in [9.17, 15) is 14.9 Å². The zero-order valence-electron chi connectivity index (χ0n) is 11.5. The van der Waals surface area contributed by atoms with Gasteiger partial charge in [-0.1, -0.05) is 6.92 Å². The highest BCUT2D eigenvalue weighted by molar-refractivity contribution is 5.86. The van der Waals surface area contributed by atoms with E-state index in [-0.39, 0.29) is 11.6 Å². The van der Waals surface area contributed by atoms with Crippen molar-refractivity contribution in [2.45, 2.75) is 13.0 Å². The van der Waals surface area contributed by atoms with Gasteiger partial charge in [0.05, 0.1) is 13.2 Å². The third-order valence-corrected chi connectivity index (χ3v) is 2.78. The fraction of sp³-hybridized carbons (Fsp3) is 0.308. The summed E-state index contributed by atoms with van der Waals surface area (Å²) in [6.07, 6.45) is 0. The van der Waals surface area contributed by atoms with Gasteiger partial charge in [-0.15, -0.1) is 0 Å². The number of methoxy groups -OCH3 is 1. The van der Waals surface area contributed by atoms with Crippen LogP contribution in [0.5, 0.6) is 0 Å². The van der Waals surface area contributed by atoms with E-state index in [1.165, 1.54) is 25.3 Å². The normalized spacial score (nSPS) is 12.1. The molecule has 2 aromatic heterocycles. The Balaban J connectivity index is 2.31. The highest BCUT2D eigenvalue weighted by Gasteiger charge is 2.24. The first-order valence-corrected chi connectivity index (χ1v) is 6.22. The van der Waals surface area contributed by atoms with Crippen molar-refractivity contribution in [1.82, 2.24) is 5.32 Å². The molecule has 2 heterocycles. The number of hydrogen-bond acceptors (Lipinski definition) is 7.